The molecule has 0 bridgehead atoms. The first kappa shape index (κ1) is 25.2. The van der Waals surface area contributed by atoms with E-state index in [9.17, 15) is 44.8 Å². The zero-order valence-electron chi connectivity index (χ0n) is 20.0. The number of aromatic hydroxyl groups is 1. The number of aliphatic hydroxyl groups is 3. The molecule has 0 radical (unpaired) electrons. The number of aliphatic hydroxyl groups excluding tert-OH is 2. The van der Waals surface area contributed by atoms with Gasteiger partial charge in [-0.25, -0.2) is 0 Å². The van der Waals surface area contributed by atoms with Gasteiger partial charge in [-0.2, -0.15) is 0 Å². The number of hydrogen-bond donors (Lipinski definition) is 6. The summed E-state index contributed by atoms with van der Waals surface area (Å²) < 4.78 is 0.816. The van der Waals surface area contributed by atoms with Crippen molar-refractivity contribution >= 4 is 29.0 Å². The Labute approximate surface area is 215 Å². The Bertz CT molecular complexity index is 1490. The Morgan fingerprint density at radius 3 is 2.39 bits per heavy atom. The monoisotopic (exact) mass is 521 g/mol. The first-order chi connectivity index (χ1) is 17.9. The van der Waals surface area contributed by atoms with Gasteiger partial charge in [0.1, 0.15) is 22.8 Å². The molecule has 11 nitrogen and oxygen atoms in total. The maximum atomic E-state index is 13.5. The summed E-state index contributed by atoms with van der Waals surface area (Å²) >= 11 is 0. The quantitative estimate of drug-likeness (QED) is 0.142. The molecular formula is C27H25N2O9+. The molecule has 1 saturated carbocycles. The number of carbonyl (C=O) groups is 4. The minimum atomic E-state index is -2.61. The number of Topliss-reactive ketones (excluding diaryl/α,β-unsaturated/α-hetero) is 3. The summed E-state index contributed by atoms with van der Waals surface area (Å²) in [7, 11) is 0. The van der Waals surface area contributed by atoms with Gasteiger partial charge in [-0.05, 0) is 42.4 Å². The summed E-state index contributed by atoms with van der Waals surface area (Å²) in [6.45, 7) is 0. The van der Waals surface area contributed by atoms with Gasteiger partial charge in [0.25, 0.3) is 5.91 Å². The number of phenolic OH excluding ortho intramolecular Hbond substituents is 1. The smallest absolute Gasteiger partial charge is 0.255 e. The van der Waals surface area contributed by atoms with Crippen molar-refractivity contribution in [2.75, 3.05) is 0 Å². The fraction of sp³-hybridized carbons (Fsp3) is 0.296. The second-order valence-electron chi connectivity index (χ2n) is 9.89. The van der Waals surface area contributed by atoms with Gasteiger partial charge in [0.15, 0.2) is 17.2 Å². The van der Waals surface area contributed by atoms with Crippen LogP contribution in [0.25, 0.3) is 5.76 Å². The van der Waals surface area contributed by atoms with E-state index in [2.05, 4.69) is 0 Å². The third-order valence-corrected chi connectivity index (χ3v) is 7.80. The van der Waals surface area contributed by atoms with Gasteiger partial charge in [0.2, 0.25) is 18.2 Å². The van der Waals surface area contributed by atoms with Crippen LogP contribution >= 0.6 is 0 Å². The number of benzene rings is 1. The number of ketones is 3. The van der Waals surface area contributed by atoms with E-state index in [4.69, 9.17) is 5.73 Å². The highest BCUT2D eigenvalue weighted by atomic mass is 16.5. The number of nitrogens with zero attached hydrogens (tertiary/aromatic N) is 1. The number of pyridine rings is 1. The molecule has 11 heteroatoms. The fourth-order valence-electron chi connectivity index (χ4n) is 5.92. The van der Waals surface area contributed by atoms with Crippen molar-refractivity contribution in [2.24, 2.45) is 17.6 Å². The lowest BCUT2D eigenvalue weighted by Gasteiger charge is -2.46. The Morgan fingerprint density at radius 2 is 1.74 bits per heavy atom. The van der Waals surface area contributed by atoms with E-state index >= 15 is 0 Å². The SMILES string of the molecule is NC(=O)C1=C(O)[C@@]2(O)C(=O)C3=C(O)c4c(O)ccc(CCC(=O)c5cc[n+](O)cc5)c4C[C@H]3C[C@H]2CC1=O. The number of hydrogen-bond acceptors (Lipinski definition) is 9. The Kier molecular flexibility index (Phi) is 5.83. The first-order valence-corrected chi connectivity index (χ1v) is 12.0. The predicted octanol–water partition coefficient (Wildman–Crippen LogP) is 0.764. The lowest BCUT2D eigenvalue weighted by molar-refractivity contribution is -0.904. The molecule has 1 aromatic carbocycles. The van der Waals surface area contributed by atoms with Gasteiger partial charge in [0.05, 0.1) is 5.56 Å². The molecule has 1 amide bonds. The number of fused-ring (bicyclic) bond motifs is 3. The number of carbonyl (C=O) groups excluding carboxylic acids is 4. The van der Waals surface area contributed by atoms with E-state index < -0.39 is 58.4 Å². The number of rotatable bonds is 5. The maximum Gasteiger partial charge on any atom is 0.255 e. The van der Waals surface area contributed by atoms with Gasteiger partial charge in [-0.1, -0.05) is 6.07 Å². The van der Waals surface area contributed by atoms with Crippen LogP contribution in [0.1, 0.15) is 46.3 Å². The number of aromatic nitrogens is 1. The van der Waals surface area contributed by atoms with Crippen molar-refractivity contribution in [2.45, 2.75) is 37.7 Å². The molecule has 0 aliphatic heterocycles. The molecular weight excluding hydrogens is 496 g/mol. The minimum absolute atomic E-state index is 0.0110. The van der Waals surface area contributed by atoms with Crippen molar-refractivity contribution in [3.63, 3.8) is 0 Å². The number of primary amides is 1. The molecule has 2 aromatic rings. The molecule has 1 aromatic heterocycles. The van der Waals surface area contributed by atoms with Gasteiger partial charge < -0.3 is 26.2 Å². The normalized spacial score (nSPS) is 24.6. The van der Waals surface area contributed by atoms with Crippen LogP contribution in [0.15, 0.2) is 53.6 Å². The molecule has 5 rings (SSSR count). The van der Waals surface area contributed by atoms with Crippen LogP contribution in [-0.4, -0.2) is 54.5 Å². The number of aryl methyl sites for hydroxylation is 1. The highest BCUT2D eigenvalue weighted by molar-refractivity contribution is 6.22. The molecule has 3 atom stereocenters. The van der Waals surface area contributed by atoms with Crippen LogP contribution in [-0.2, 0) is 27.2 Å². The van der Waals surface area contributed by atoms with Crippen molar-refractivity contribution in [3.05, 3.63) is 75.8 Å². The number of phenols is 1. The number of nitrogens with two attached hydrogens (primary N) is 1. The molecule has 3 aliphatic carbocycles. The van der Waals surface area contributed by atoms with Crippen molar-refractivity contribution in [3.8, 4) is 5.75 Å². The van der Waals surface area contributed by atoms with E-state index in [0.717, 1.165) is 4.73 Å². The molecule has 38 heavy (non-hydrogen) atoms. The van der Waals surface area contributed by atoms with E-state index in [1.54, 1.807) is 6.07 Å². The Hall–Kier alpha value is -4.51. The third kappa shape index (κ3) is 3.66. The van der Waals surface area contributed by atoms with Gasteiger partial charge in [-0.15, -0.1) is 0 Å². The van der Waals surface area contributed by atoms with Gasteiger partial charge >= 0.3 is 0 Å². The summed E-state index contributed by atoms with van der Waals surface area (Å²) in [5, 5.41) is 53.0. The molecule has 0 saturated heterocycles. The van der Waals surface area contributed by atoms with Gasteiger partial charge in [-0.3, -0.25) is 24.4 Å². The molecule has 0 unspecified atom stereocenters. The molecule has 7 N–H and O–H groups in total. The first-order valence-electron chi connectivity index (χ1n) is 12.0. The summed E-state index contributed by atoms with van der Waals surface area (Å²) in [5.74, 6) is -7.01. The van der Waals surface area contributed by atoms with Crippen LogP contribution in [0, 0.1) is 11.8 Å². The van der Waals surface area contributed by atoms with Crippen LogP contribution in [0.3, 0.4) is 0 Å². The summed E-state index contributed by atoms with van der Waals surface area (Å²) in [6, 6.07) is 5.91. The van der Waals surface area contributed by atoms with Crippen molar-refractivity contribution in [1.29, 1.82) is 0 Å². The lowest BCUT2D eigenvalue weighted by Crippen LogP contribution is -2.58. The van der Waals surface area contributed by atoms with Crippen LogP contribution in [0.5, 0.6) is 5.75 Å². The molecule has 1 heterocycles. The second-order valence-corrected chi connectivity index (χ2v) is 9.89. The zero-order valence-corrected chi connectivity index (χ0v) is 20.0. The van der Waals surface area contributed by atoms with Crippen LogP contribution < -0.4 is 10.5 Å². The van der Waals surface area contributed by atoms with E-state index in [-0.39, 0.29) is 48.4 Å². The van der Waals surface area contributed by atoms with E-state index in [1.165, 1.54) is 30.6 Å². The second kappa shape index (κ2) is 8.80. The molecule has 3 aliphatic rings. The average Bonchev–Trinajstić information content (AvgIpc) is 2.85. The molecule has 1 fully saturated rings. The summed E-state index contributed by atoms with van der Waals surface area (Å²) in [6.07, 6.45) is 2.82. The Balaban J connectivity index is 1.53. The minimum Gasteiger partial charge on any atom is -0.508 e. The number of amides is 1. The van der Waals surface area contributed by atoms with Crippen molar-refractivity contribution in [1.82, 2.24) is 0 Å². The zero-order chi connectivity index (χ0) is 27.5. The average molecular weight is 522 g/mol. The third-order valence-electron chi connectivity index (χ3n) is 7.80. The topological polar surface area (TPSA) is 199 Å². The van der Waals surface area contributed by atoms with Crippen molar-refractivity contribution < 1.29 is 49.5 Å². The van der Waals surface area contributed by atoms with E-state index in [1.807, 2.05) is 0 Å². The van der Waals surface area contributed by atoms with Gasteiger partial charge in [0, 0.05) is 46.8 Å². The predicted molar refractivity (Wildman–Crippen MR) is 128 cm³/mol. The highest BCUT2D eigenvalue weighted by Crippen LogP contribution is 2.52. The summed E-state index contributed by atoms with van der Waals surface area (Å²) in [4.78, 5) is 50.4. The summed E-state index contributed by atoms with van der Waals surface area (Å²) in [5.41, 5.74) is 3.11. The maximum absolute atomic E-state index is 13.5. The fourth-order valence-corrected chi connectivity index (χ4v) is 5.92. The molecule has 0 spiro atoms. The standard InChI is InChI=1S/C27H24N2O9/c28-26(36)22-19(32)11-15-9-14-10-16-12(1-3-17(30)13-5-7-29(38)8-6-13)2-4-18(31)21(16)23(33)20(14)24(34)27(15,37)25(22)35/h2,4-8,14-15,37H,1,3,9-11H2,(H5-,28,30,31,32,33,34,35,36,38)/p+1/t14-,15+,27+/m1/s1. The largest absolute Gasteiger partial charge is 0.508 e. The highest BCUT2D eigenvalue weighted by Gasteiger charge is 2.60. The van der Waals surface area contributed by atoms with E-state index in [0.29, 0.717) is 16.7 Å². The Morgan fingerprint density at radius 1 is 1.05 bits per heavy atom. The van der Waals surface area contributed by atoms with Crippen LogP contribution in [0.4, 0.5) is 0 Å². The molecule has 196 valence electrons. The van der Waals surface area contributed by atoms with Crippen LogP contribution in [0.2, 0.25) is 0 Å². The lowest BCUT2D eigenvalue weighted by atomic mass is 9.59.